The van der Waals surface area contributed by atoms with Gasteiger partial charge in [0, 0.05) is 69.3 Å². The van der Waals surface area contributed by atoms with Crippen molar-refractivity contribution in [1.82, 2.24) is 19.8 Å². The van der Waals surface area contributed by atoms with Gasteiger partial charge in [-0.2, -0.15) is 4.99 Å². The highest BCUT2D eigenvalue weighted by atomic mass is 32.2. The van der Waals surface area contributed by atoms with Crippen LogP contribution in [0.4, 0.5) is 11.6 Å². The van der Waals surface area contributed by atoms with Crippen molar-refractivity contribution in [3.8, 4) is 0 Å². The predicted octanol–water partition coefficient (Wildman–Crippen LogP) is 2.25. The smallest absolute Gasteiger partial charge is 0.262 e. The number of hydrogen-bond acceptors (Lipinski definition) is 8. The summed E-state index contributed by atoms with van der Waals surface area (Å²) in [6, 6.07) is 8.72. The largest absolute Gasteiger partial charge is 0.351 e. The second kappa shape index (κ2) is 11.1. The zero-order chi connectivity index (χ0) is 24.9. The van der Waals surface area contributed by atoms with E-state index in [1.807, 2.05) is 0 Å². The van der Waals surface area contributed by atoms with Gasteiger partial charge < -0.3 is 20.0 Å². The number of carbonyl (C=O) groups is 3. The van der Waals surface area contributed by atoms with Gasteiger partial charge in [-0.1, -0.05) is 17.8 Å². The molecule has 188 valence electrons. The molecular weight excluding hydrogens is 478 g/mol. The molecule has 5 rings (SSSR count). The molecule has 0 bridgehead atoms. The normalized spacial score (nSPS) is 20.3. The van der Waals surface area contributed by atoms with Gasteiger partial charge >= 0.3 is 0 Å². The lowest BCUT2D eigenvalue weighted by Gasteiger charge is -2.34. The lowest BCUT2D eigenvalue weighted by Crippen LogP contribution is -2.49. The zero-order valence-electron chi connectivity index (χ0n) is 20.0. The minimum absolute atomic E-state index is 0.0476. The van der Waals surface area contributed by atoms with Crippen LogP contribution in [-0.4, -0.2) is 87.2 Å². The highest BCUT2D eigenvalue weighted by Crippen LogP contribution is 2.29. The number of piperazine rings is 1. The first-order chi connectivity index (χ1) is 17.6. The Morgan fingerprint density at radius 3 is 2.44 bits per heavy atom. The summed E-state index contributed by atoms with van der Waals surface area (Å²) in [5.74, 6) is 0.0687. The summed E-state index contributed by atoms with van der Waals surface area (Å²) in [6.45, 7) is 4.26. The molecule has 10 nitrogen and oxygen atoms in total. The topological polar surface area (TPSA) is 111 Å². The monoisotopic (exact) mass is 507 g/mol. The van der Waals surface area contributed by atoms with E-state index < -0.39 is 5.25 Å². The molecule has 4 heterocycles. The van der Waals surface area contributed by atoms with Gasteiger partial charge in [0.2, 0.25) is 11.9 Å². The van der Waals surface area contributed by atoms with E-state index in [0.29, 0.717) is 43.4 Å². The summed E-state index contributed by atoms with van der Waals surface area (Å²) < 4.78 is 0. The highest BCUT2D eigenvalue weighted by molar-refractivity contribution is 8.15. The maximum Gasteiger partial charge on any atom is 0.262 e. The molecule has 2 aromatic rings. The summed E-state index contributed by atoms with van der Waals surface area (Å²) in [7, 11) is 0. The number of aromatic nitrogens is 2. The number of carbonyl (C=O) groups excluding carboxylic acids is 3. The molecular formula is C25H29N7O3S. The molecule has 0 radical (unpaired) electrons. The van der Waals surface area contributed by atoms with Crippen LogP contribution >= 0.6 is 11.8 Å². The molecule has 3 aliphatic rings. The molecule has 3 amide bonds. The predicted molar refractivity (Wildman–Crippen MR) is 139 cm³/mol. The summed E-state index contributed by atoms with van der Waals surface area (Å²) in [5, 5.41) is 3.08. The fraction of sp³-hybridized carbons (Fsp3) is 0.440. The first kappa shape index (κ1) is 24.2. The van der Waals surface area contributed by atoms with Crippen molar-refractivity contribution in [2.24, 2.45) is 4.99 Å². The summed E-state index contributed by atoms with van der Waals surface area (Å²) in [5.41, 5.74) is 1.05. The van der Waals surface area contributed by atoms with Gasteiger partial charge in [-0.15, -0.1) is 0 Å². The van der Waals surface area contributed by atoms with Gasteiger partial charge in [0.15, 0.2) is 5.17 Å². The molecule has 0 unspecified atom stereocenters. The van der Waals surface area contributed by atoms with Crippen LogP contribution in [-0.2, 0) is 9.59 Å². The van der Waals surface area contributed by atoms with E-state index >= 15 is 0 Å². The summed E-state index contributed by atoms with van der Waals surface area (Å²) in [4.78, 5) is 56.9. The molecule has 2 saturated heterocycles. The zero-order valence-corrected chi connectivity index (χ0v) is 20.8. The van der Waals surface area contributed by atoms with Crippen LogP contribution in [0, 0.1) is 0 Å². The van der Waals surface area contributed by atoms with E-state index in [0.717, 1.165) is 31.1 Å². The van der Waals surface area contributed by atoms with Crippen LogP contribution in [0.1, 0.15) is 36.0 Å². The minimum Gasteiger partial charge on any atom is -0.351 e. The molecule has 36 heavy (non-hydrogen) atoms. The SMILES string of the molecule is O=C(C[C@@H]1SC(N2CCCCC2)=NC1=O)Nc1cccc(C(=O)N2CCN(c3ncccn3)CC2)c1. The van der Waals surface area contributed by atoms with Gasteiger partial charge in [0.1, 0.15) is 5.25 Å². The van der Waals surface area contributed by atoms with Crippen LogP contribution in [0.2, 0.25) is 0 Å². The Kier molecular flexibility index (Phi) is 7.45. The van der Waals surface area contributed by atoms with Gasteiger partial charge in [-0.05, 0) is 43.5 Å². The van der Waals surface area contributed by atoms with Crippen molar-refractivity contribution in [2.45, 2.75) is 30.9 Å². The van der Waals surface area contributed by atoms with Crippen molar-refractivity contribution in [2.75, 3.05) is 49.5 Å². The number of likely N-dealkylation sites (tertiary alicyclic amines) is 1. The Hall–Kier alpha value is -3.47. The minimum atomic E-state index is -0.503. The second-order valence-electron chi connectivity index (χ2n) is 9.05. The molecule has 1 aromatic heterocycles. The molecule has 0 aliphatic carbocycles. The van der Waals surface area contributed by atoms with Gasteiger partial charge in [-0.3, -0.25) is 14.4 Å². The first-order valence-electron chi connectivity index (χ1n) is 12.3. The van der Waals surface area contributed by atoms with Crippen LogP contribution in [0.5, 0.6) is 0 Å². The average Bonchev–Trinajstić information content (AvgIpc) is 3.29. The lowest BCUT2D eigenvalue weighted by molar-refractivity contribution is -0.121. The number of hydrogen-bond donors (Lipinski definition) is 1. The third kappa shape index (κ3) is 5.67. The van der Waals surface area contributed by atoms with Crippen LogP contribution in [0.15, 0.2) is 47.7 Å². The molecule has 11 heteroatoms. The van der Waals surface area contributed by atoms with Crippen molar-refractivity contribution >= 4 is 46.3 Å². The fourth-order valence-corrected chi connectivity index (χ4v) is 5.70. The average molecular weight is 508 g/mol. The number of benzene rings is 1. The number of amides is 3. The van der Waals surface area contributed by atoms with E-state index in [1.54, 1.807) is 47.6 Å². The third-order valence-electron chi connectivity index (χ3n) is 6.52. The number of piperidine rings is 1. The van der Waals surface area contributed by atoms with E-state index in [1.165, 1.54) is 18.2 Å². The van der Waals surface area contributed by atoms with Gasteiger partial charge in [0.25, 0.3) is 11.8 Å². The maximum absolute atomic E-state index is 13.1. The summed E-state index contributed by atoms with van der Waals surface area (Å²) in [6.07, 6.45) is 6.88. The molecule has 1 N–H and O–H groups in total. The first-order valence-corrected chi connectivity index (χ1v) is 13.2. The van der Waals surface area contributed by atoms with Crippen molar-refractivity contribution in [3.63, 3.8) is 0 Å². The van der Waals surface area contributed by atoms with Crippen molar-refractivity contribution in [3.05, 3.63) is 48.3 Å². The molecule has 3 aliphatic heterocycles. The number of amidine groups is 1. The highest BCUT2D eigenvalue weighted by Gasteiger charge is 2.33. The summed E-state index contributed by atoms with van der Waals surface area (Å²) >= 11 is 1.38. The number of thioether (sulfide) groups is 1. The Balaban J connectivity index is 1.13. The third-order valence-corrected chi connectivity index (χ3v) is 7.73. The number of rotatable bonds is 5. The van der Waals surface area contributed by atoms with Crippen molar-refractivity contribution in [1.29, 1.82) is 0 Å². The molecule has 0 saturated carbocycles. The van der Waals surface area contributed by atoms with Gasteiger partial charge in [0.05, 0.1) is 0 Å². The van der Waals surface area contributed by atoms with E-state index in [4.69, 9.17) is 0 Å². The van der Waals surface area contributed by atoms with Gasteiger partial charge in [-0.25, -0.2) is 9.97 Å². The Bertz CT molecular complexity index is 1150. The number of anilines is 2. The number of nitrogens with one attached hydrogen (secondary N) is 1. The molecule has 0 spiro atoms. The van der Waals surface area contributed by atoms with E-state index in [-0.39, 0.29) is 24.1 Å². The van der Waals surface area contributed by atoms with Crippen LogP contribution in [0.3, 0.4) is 0 Å². The Labute approximate surface area is 214 Å². The number of nitrogens with zero attached hydrogens (tertiary/aromatic N) is 6. The number of aliphatic imine (C=N–C) groups is 1. The Morgan fingerprint density at radius 2 is 1.69 bits per heavy atom. The fourth-order valence-electron chi connectivity index (χ4n) is 4.59. The molecule has 1 aromatic carbocycles. The van der Waals surface area contributed by atoms with Crippen LogP contribution in [0.25, 0.3) is 0 Å². The maximum atomic E-state index is 13.1. The second-order valence-corrected chi connectivity index (χ2v) is 10.2. The van der Waals surface area contributed by atoms with E-state index in [9.17, 15) is 14.4 Å². The lowest BCUT2D eigenvalue weighted by atomic mass is 10.1. The van der Waals surface area contributed by atoms with E-state index in [2.05, 4.69) is 30.1 Å². The van der Waals surface area contributed by atoms with Crippen molar-refractivity contribution < 1.29 is 14.4 Å². The standard InChI is InChI=1S/C25H29N7O3S/c33-21(17-20-22(34)29-25(36-20)32-10-2-1-3-11-32)28-19-7-4-6-18(16-19)23(35)30-12-14-31(15-13-30)24-26-8-5-9-27-24/h4-9,16,20H,1-3,10-15,17H2,(H,28,33)/t20-/m0/s1. The molecule has 1 atom stereocenters. The Morgan fingerprint density at radius 1 is 0.944 bits per heavy atom. The quantitative estimate of drug-likeness (QED) is 0.656. The molecule has 2 fully saturated rings. The van der Waals surface area contributed by atoms with Crippen LogP contribution < -0.4 is 10.2 Å².